The molecular weight excluding hydrogens is 490 g/mol. The van der Waals surface area contributed by atoms with Crippen LogP contribution in [0.1, 0.15) is 28.4 Å². The Balaban J connectivity index is 1.63. The van der Waals surface area contributed by atoms with Gasteiger partial charge in [-0.2, -0.15) is 5.26 Å². The molecular formula is C31H25N5O3. The average Bonchev–Trinajstić information content (AvgIpc) is 3.65. The second-order valence-electron chi connectivity index (χ2n) is 10.5. The Morgan fingerprint density at radius 2 is 1.69 bits per heavy atom. The standard InChI is InChI=1S/C31H25N5O3/c1-3-36-25-15-9-6-12-22(25)31(28(36)39)30(21-11-5-8-14-24(21)34-27(30)38)29(17-32,18-35(31)2)26(37)20-16-33-23-13-7-4-10-19(20)23/h4-16,33H,3,18H2,1-2H3,(H,34,38)/t29-,30+,31-/m0/s1. The fourth-order valence-electron chi connectivity index (χ4n) is 7.61. The number of likely N-dealkylation sites (N-methyl/N-ethyl adjacent to an activating group) is 2. The summed E-state index contributed by atoms with van der Waals surface area (Å²) in [4.78, 5) is 50.8. The number of amides is 2. The fourth-order valence-corrected chi connectivity index (χ4v) is 7.61. The number of aromatic amines is 1. The van der Waals surface area contributed by atoms with Crippen LogP contribution in [-0.4, -0.2) is 47.6 Å². The minimum atomic E-state index is -1.92. The van der Waals surface area contributed by atoms with Gasteiger partial charge < -0.3 is 15.2 Å². The number of carbonyl (C=O) groups is 3. The third kappa shape index (κ3) is 2.36. The maximum atomic E-state index is 14.9. The Hall–Kier alpha value is -4.74. The van der Waals surface area contributed by atoms with Crippen LogP contribution in [0.2, 0.25) is 0 Å². The average molecular weight is 516 g/mol. The molecule has 3 aromatic carbocycles. The predicted octanol–water partition coefficient (Wildman–Crippen LogP) is 3.96. The number of benzene rings is 3. The molecule has 0 radical (unpaired) electrons. The molecule has 1 aromatic heterocycles. The molecule has 8 nitrogen and oxygen atoms in total. The molecule has 0 aliphatic carbocycles. The smallest absolute Gasteiger partial charge is 0.253 e. The number of nitriles is 1. The molecule has 0 saturated carbocycles. The zero-order chi connectivity index (χ0) is 27.2. The number of hydrogen-bond donors (Lipinski definition) is 2. The molecule has 4 aromatic rings. The maximum absolute atomic E-state index is 14.9. The van der Waals surface area contributed by atoms with E-state index in [0.29, 0.717) is 40.0 Å². The molecule has 4 heterocycles. The lowest BCUT2D eigenvalue weighted by Gasteiger charge is -2.45. The Labute approximate surface area is 224 Å². The topological polar surface area (TPSA) is 109 Å². The van der Waals surface area contributed by atoms with E-state index in [1.54, 1.807) is 47.3 Å². The van der Waals surface area contributed by atoms with Gasteiger partial charge in [0.1, 0.15) is 11.0 Å². The number of hydrogen-bond acceptors (Lipinski definition) is 5. The highest BCUT2D eigenvalue weighted by Crippen LogP contribution is 2.69. The number of nitrogens with zero attached hydrogens (tertiary/aromatic N) is 3. The van der Waals surface area contributed by atoms with Crippen molar-refractivity contribution >= 4 is 39.9 Å². The van der Waals surface area contributed by atoms with Gasteiger partial charge in [-0.3, -0.25) is 19.3 Å². The van der Waals surface area contributed by atoms with E-state index >= 15 is 0 Å². The monoisotopic (exact) mass is 515 g/mol. The zero-order valence-corrected chi connectivity index (χ0v) is 21.5. The van der Waals surface area contributed by atoms with Crippen molar-refractivity contribution in [1.82, 2.24) is 9.88 Å². The van der Waals surface area contributed by atoms with Crippen LogP contribution >= 0.6 is 0 Å². The Morgan fingerprint density at radius 3 is 2.46 bits per heavy atom. The number of H-pyrrole nitrogens is 1. The van der Waals surface area contributed by atoms with Crippen LogP contribution in [0, 0.1) is 16.7 Å². The van der Waals surface area contributed by atoms with Gasteiger partial charge in [0, 0.05) is 52.7 Å². The van der Waals surface area contributed by atoms with Gasteiger partial charge >= 0.3 is 0 Å². The van der Waals surface area contributed by atoms with E-state index in [2.05, 4.69) is 16.4 Å². The number of aromatic nitrogens is 1. The number of ketones is 1. The summed E-state index contributed by atoms with van der Waals surface area (Å²) in [6.45, 7) is 2.15. The fraction of sp³-hybridized carbons (Fsp3) is 0.226. The van der Waals surface area contributed by atoms with Crippen molar-refractivity contribution in [3.63, 3.8) is 0 Å². The first kappa shape index (κ1) is 23.4. The number of para-hydroxylation sites is 3. The number of carbonyl (C=O) groups excluding carboxylic acids is 3. The minimum absolute atomic E-state index is 0.110. The SMILES string of the molecule is CCN1C(=O)[C@]2(c3ccccc31)N(C)C[C@@](C#N)(C(=O)c1c[nH]c3ccccc13)[C@@]21C(=O)Nc2ccccc21. The lowest BCUT2D eigenvalue weighted by Crippen LogP contribution is -2.65. The molecule has 7 rings (SSSR count). The van der Waals surface area contributed by atoms with E-state index in [-0.39, 0.29) is 12.5 Å². The number of anilines is 2. The van der Waals surface area contributed by atoms with Gasteiger partial charge in [-0.25, -0.2) is 0 Å². The van der Waals surface area contributed by atoms with Gasteiger partial charge in [-0.1, -0.05) is 54.6 Å². The number of rotatable bonds is 3. The van der Waals surface area contributed by atoms with Crippen LogP contribution in [0.25, 0.3) is 10.9 Å². The highest BCUT2D eigenvalue weighted by Gasteiger charge is 2.84. The van der Waals surface area contributed by atoms with Crippen molar-refractivity contribution in [3.05, 3.63) is 95.7 Å². The van der Waals surface area contributed by atoms with Gasteiger partial charge in [0.2, 0.25) is 5.91 Å². The molecule has 39 heavy (non-hydrogen) atoms. The summed E-state index contributed by atoms with van der Waals surface area (Å²) in [6, 6.07) is 24.2. The summed E-state index contributed by atoms with van der Waals surface area (Å²) in [6.07, 6.45) is 1.60. The first-order chi connectivity index (χ1) is 18.9. The van der Waals surface area contributed by atoms with Crippen LogP contribution in [-0.2, 0) is 20.5 Å². The number of likely N-dealkylation sites (tertiary alicyclic amines) is 1. The summed E-state index contributed by atoms with van der Waals surface area (Å²) < 4.78 is 0. The molecule has 1 saturated heterocycles. The van der Waals surface area contributed by atoms with E-state index in [4.69, 9.17) is 0 Å². The van der Waals surface area contributed by atoms with E-state index < -0.39 is 28.1 Å². The van der Waals surface area contributed by atoms with Crippen molar-refractivity contribution < 1.29 is 14.4 Å². The van der Waals surface area contributed by atoms with E-state index in [9.17, 15) is 19.6 Å². The molecule has 192 valence electrons. The van der Waals surface area contributed by atoms with Crippen molar-refractivity contribution in [2.75, 3.05) is 30.4 Å². The Kier molecular flexibility index (Phi) is 4.59. The summed E-state index contributed by atoms with van der Waals surface area (Å²) >= 11 is 0. The van der Waals surface area contributed by atoms with Gasteiger partial charge in [0.25, 0.3) is 5.91 Å². The summed E-state index contributed by atoms with van der Waals surface area (Å²) in [5.41, 5.74) is -2.04. The van der Waals surface area contributed by atoms with Crippen molar-refractivity contribution in [2.24, 2.45) is 5.41 Å². The second-order valence-corrected chi connectivity index (χ2v) is 10.5. The first-order valence-electron chi connectivity index (χ1n) is 13.0. The van der Waals surface area contributed by atoms with Crippen LogP contribution in [0.4, 0.5) is 11.4 Å². The molecule has 1 fully saturated rings. The molecule has 0 unspecified atom stereocenters. The molecule has 2 spiro atoms. The molecule has 2 amide bonds. The number of fused-ring (bicyclic) bond motifs is 6. The van der Waals surface area contributed by atoms with Crippen molar-refractivity contribution in [2.45, 2.75) is 17.9 Å². The lowest BCUT2D eigenvalue weighted by atomic mass is 9.51. The van der Waals surface area contributed by atoms with Crippen LogP contribution in [0.15, 0.2) is 79.0 Å². The van der Waals surface area contributed by atoms with Crippen molar-refractivity contribution in [1.29, 1.82) is 5.26 Å². The van der Waals surface area contributed by atoms with Crippen LogP contribution < -0.4 is 10.2 Å². The van der Waals surface area contributed by atoms with Crippen molar-refractivity contribution in [3.8, 4) is 6.07 Å². The highest BCUT2D eigenvalue weighted by atomic mass is 16.2. The Morgan fingerprint density at radius 1 is 1.00 bits per heavy atom. The minimum Gasteiger partial charge on any atom is -0.360 e. The summed E-state index contributed by atoms with van der Waals surface area (Å²) in [7, 11) is 1.74. The van der Waals surface area contributed by atoms with Crippen LogP contribution in [0.5, 0.6) is 0 Å². The van der Waals surface area contributed by atoms with Gasteiger partial charge in [-0.05, 0) is 37.7 Å². The number of nitrogens with one attached hydrogen (secondary N) is 2. The molecule has 3 atom stereocenters. The number of Topliss-reactive ketones (excluding diaryl/α,β-unsaturated/α-hetero) is 1. The third-order valence-corrected chi connectivity index (χ3v) is 9.02. The van der Waals surface area contributed by atoms with E-state index in [0.717, 1.165) is 5.52 Å². The summed E-state index contributed by atoms with van der Waals surface area (Å²) in [5, 5.41) is 14.8. The van der Waals surface area contributed by atoms with Gasteiger partial charge in [-0.15, -0.1) is 0 Å². The first-order valence-corrected chi connectivity index (χ1v) is 13.0. The zero-order valence-electron chi connectivity index (χ0n) is 21.5. The maximum Gasteiger partial charge on any atom is 0.253 e. The normalized spacial score (nSPS) is 27.3. The highest BCUT2D eigenvalue weighted by molar-refractivity contribution is 6.24. The Bertz CT molecular complexity index is 1790. The van der Waals surface area contributed by atoms with Gasteiger partial charge in [0.05, 0.1) is 6.07 Å². The molecule has 0 bridgehead atoms. The molecule has 3 aliphatic rings. The van der Waals surface area contributed by atoms with Crippen LogP contribution in [0.3, 0.4) is 0 Å². The second kappa shape index (κ2) is 7.65. The molecule has 8 heteroatoms. The summed E-state index contributed by atoms with van der Waals surface area (Å²) in [5.74, 6) is -1.33. The largest absolute Gasteiger partial charge is 0.360 e. The predicted molar refractivity (Wildman–Crippen MR) is 146 cm³/mol. The quantitative estimate of drug-likeness (QED) is 0.402. The lowest BCUT2D eigenvalue weighted by molar-refractivity contribution is -0.139. The molecule has 3 aliphatic heterocycles. The van der Waals surface area contributed by atoms with E-state index in [1.165, 1.54) is 0 Å². The third-order valence-electron chi connectivity index (χ3n) is 9.02. The van der Waals surface area contributed by atoms with E-state index in [1.807, 2.05) is 55.5 Å². The van der Waals surface area contributed by atoms with Gasteiger partial charge in [0.15, 0.2) is 11.2 Å². The molecule has 2 N–H and O–H groups in total.